The van der Waals surface area contributed by atoms with Gasteiger partial charge in [-0.1, -0.05) is 6.08 Å². The van der Waals surface area contributed by atoms with Crippen LogP contribution < -0.4 is 11.1 Å². The molecule has 1 saturated heterocycles. The predicted octanol–water partition coefficient (Wildman–Crippen LogP) is 1.72. The van der Waals surface area contributed by atoms with E-state index < -0.39 is 0 Å². The van der Waals surface area contributed by atoms with Crippen molar-refractivity contribution in [3.63, 3.8) is 0 Å². The molecular formula is C15H29IN4O3. The minimum absolute atomic E-state index is 0. The standard InChI is InChI=1S/C15H28N4O3.HI/c1-3-5-11-21-12-8-17-14(16)18-13-6-9-19(10-7-13)15(20)22-4-2;/h3,13H,1,4-12H2,2H3,(H3,16,17,18);1H. The number of guanidine groups is 1. The highest BCUT2D eigenvalue weighted by molar-refractivity contribution is 14.0. The normalized spacial score (nSPS) is 15.7. The predicted molar refractivity (Wildman–Crippen MR) is 102 cm³/mol. The number of aliphatic imine (C=N–C) groups is 1. The molecule has 0 bridgehead atoms. The SMILES string of the molecule is C=CCCOCCN=C(N)NC1CCN(C(=O)OCC)CC1.I. The number of nitrogens with two attached hydrogens (primary N) is 1. The maximum atomic E-state index is 11.6. The lowest BCUT2D eigenvalue weighted by Crippen LogP contribution is -2.48. The molecule has 134 valence electrons. The van der Waals surface area contributed by atoms with E-state index in [-0.39, 0.29) is 36.1 Å². The molecular weight excluding hydrogens is 411 g/mol. The first-order valence-corrected chi connectivity index (χ1v) is 7.84. The molecule has 1 amide bonds. The molecule has 8 heteroatoms. The van der Waals surface area contributed by atoms with Gasteiger partial charge in [-0.05, 0) is 26.2 Å². The van der Waals surface area contributed by atoms with Gasteiger partial charge in [0.1, 0.15) is 0 Å². The average molecular weight is 440 g/mol. The molecule has 0 spiro atoms. The van der Waals surface area contributed by atoms with E-state index >= 15 is 0 Å². The molecule has 0 aromatic rings. The average Bonchev–Trinajstić information content (AvgIpc) is 2.51. The molecule has 1 rings (SSSR count). The fraction of sp³-hybridized carbons (Fsp3) is 0.733. The number of hydrogen-bond donors (Lipinski definition) is 2. The fourth-order valence-electron chi connectivity index (χ4n) is 2.18. The van der Waals surface area contributed by atoms with Crippen LogP contribution in [0.5, 0.6) is 0 Å². The third-order valence-corrected chi connectivity index (χ3v) is 3.36. The Kier molecular flexibility index (Phi) is 12.8. The van der Waals surface area contributed by atoms with E-state index in [4.69, 9.17) is 15.2 Å². The topological polar surface area (TPSA) is 89.2 Å². The summed E-state index contributed by atoms with van der Waals surface area (Å²) in [6, 6.07) is 0.246. The molecule has 1 aliphatic rings. The highest BCUT2D eigenvalue weighted by Gasteiger charge is 2.23. The summed E-state index contributed by atoms with van der Waals surface area (Å²) < 4.78 is 10.3. The van der Waals surface area contributed by atoms with E-state index in [0.29, 0.717) is 45.4 Å². The first-order valence-electron chi connectivity index (χ1n) is 7.84. The number of hydrogen-bond acceptors (Lipinski definition) is 4. The van der Waals surface area contributed by atoms with Crippen molar-refractivity contribution < 1.29 is 14.3 Å². The van der Waals surface area contributed by atoms with Crippen molar-refractivity contribution in [2.75, 3.05) is 39.5 Å². The quantitative estimate of drug-likeness (QED) is 0.197. The lowest BCUT2D eigenvalue weighted by atomic mass is 10.1. The molecule has 0 aromatic carbocycles. The number of carbonyl (C=O) groups excluding carboxylic acids is 1. The first kappa shape index (κ1) is 22.0. The third kappa shape index (κ3) is 9.65. The molecule has 0 aromatic heterocycles. The Morgan fingerprint density at radius 1 is 1.43 bits per heavy atom. The number of likely N-dealkylation sites (tertiary alicyclic amines) is 1. The zero-order chi connectivity index (χ0) is 16.2. The van der Waals surface area contributed by atoms with Gasteiger partial charge in [-0.25, -0.2) is 4.79 Å². The molecule has 23 heavy (non-hydrogen) atoms. The number of halogens is 1. The summed E-state index contributed by atoms with van der Waals surface area (Å²) in [5, 5.41) is 3.19. The molecule has 0 saturated carbocycles. The lowest BCUT2D eigenvalue weighted by Gasteiger charge is -2.31. The zero-order valence-electron chi connectivity index (χ0n) is 13.8. The third-order valence-electron chi connectivity index (χ3n) is 3.36. The van der Waals surface area contributed by atoms with E-state index in [0.717, 1.165) is 19.3 Å². The summed E-state index contributed by atoms with van der Waals surface area (Å²) in [4.78, 5) is 17.5. The number of carbonyl (C=O) groups is 1. The number of rotatable bonds is 8. The molecule has 3 N–H and O–H groups in total. The summed E-state index contributed by atoms with van der Waals surface area (Å²) in [5.74, 6) is 0.432. The van der Waals surface area contributed by atoms with Gasteiger partial charge >= 0.3 is 6.09 Å². The highest BCUT2D eigenvalue weighted by Crippen LogP contribution is 2.11. The van der Waals surface area contributed by atoms with Crippen molar-refractivity contribution in [2.45, 2.75) is 32.2 Å². The number of ether oxygens (including phenoxy) is 2. The van der Waals surface area contributed by atoms with Crippen LogP contribution in [-0.2, 0) is 9.47 Å². The summed E-state index contributed by atoms with van der Waals surface area (Å²) in [6.45, 7) is 8.95. The summed E-state index contributed by atoms with van der Waals surface area (Å²) in [7, 11) is 0. The Bertz CT molecular complexity index is 372. The van der Waals surface area contributed by atoms with Gasteiger partial charge in [0.2, 0.25) is 0 Å². The molecule has 1 fully saturated rings. The van der Waals surface area contributed by atoms with Gasteiger partial charge in [0.05, 0.1) is 26.4 Å². The van der Waals surface area contributed by atoms with Crippen LogP contribution in [0, 0.1) is 0 Å². The van der Waals surface area contributed by atoms with Crippen LogP contribution >= 0.6 is 24.0 Å². The minimum Gasteiger partial charge on any atom is -0.450 e. The molecule has 1 heterocycles. The Labute approximate surface area is 155 Å². The van der Waals surface area contributed by atoms with Crippen LogP contribution in [-0.4, -0.2) is 62.4 Å². The lowest BCUT2D eigenvalue weighted by molar-refractivity contribution is 0.0963. The van der Waals surface area contributed by atoms with E-state index in [1.807, 2.05) is 13.0 Å². The second kappa shape index (κ2) is 13.4. The van der Waals surface area contributed by atoms with Crippen LogP contribution in [0.3, 0.4) is 0 Å². The number of amides is 1. The van der Waals surface area contributed by atoms with E-state index in [9.17, 15) is 4.79 Å². The molecule has 0 aliphatic carbocycles. The van der Waals surface area contributed by atoms with Crippen molar-refractivity contribution in [2.24, 2.45) is 10.7 Å². The van der Waals surface area contributed by atoms with Crippen LogP contribution in [0.4, 0.5) is 4.79 Å². The van der Waals surface area contributed by atoms with E-state index in [2.05, 4.69) is 16.9 Å². The molecule has 0 unspecified atom stereocenters. The van der Waals surface area contributed by atoms with Crippen LogP contribution in [0.2, 0.25) is 0 Å². The molecule has 0 atom stereocenters. The Hall–Kier alpha value is -1.03. The fourth-order valence-corrected chi connectivity index (χ4v) is 2.18. The second-order valence-electron chi connectivity index (χ2n) is 5.06. The zero-order valence-corrected chi connectivity index (χ0v) is 16.2. The monoisotopic (exact) mass is 440 g/mol. The largest absolute Gasteiger partial charge is 0.450 e. The van der Waals surface area contributed by atoms with Gasteiger partial charge in [0.15, 0.2) is 5.96 Å². The number of nitrogens with zero attached hydrogens (tertiary/aromatic N) is 2. The Morgan fingerprint density at radius 3 is 2.74 bits per heavy atom. The second-order valence-corrected chi connectivity index (χ2v) is 5.06. The smallest absolute Gasteiger partial charge is 0.409 e. The maximum Gasteiger partial charge on any atom is 0.409 e. The van der Waals surface area contributed by atoms with Gasteiger partial charge in [-0.15, -0.1) is 30.6 Å². The van der Waals surface area contributed by atoms with E-state index in [1.54, 1.807) is 4.90 Å². The first-order chi connectivity index (χ1) is 10.7. The van der Waals surface area contributed by atoms with Crippen LogP contribution in [0.1, 0.15) is 26.2 Å². The van der Waals surface area contributed by atoms with Crippen LogP contribution in [0.25, 0.3) is 0 Å². The molecule has 1 aliphatic heterocycles. The van der Waals surface area contributed by atoms with Gasteiger partial charge in [0, 0.05) is 19.1 Å². The van der Waals surface area contributed by atoms with Gasteiger partial charge in [0.25, 0.3) is 0 Å². The van der Waals surface area contributed by atoms with E-state index in [1.165, 1.54) is 0 Å². The van der Waals surface area contributed by atoms with Gasteiger partial charge in [-0.2, -0.15) is 0 Å². The molecule has 7 nitrogen and oxygen atoms in total. The van der Waals surface area contributed by atoms with Crippen LogP contribution in [0.15, 0.2) is 17.6 Å². The summed E-state index contributed by atoms with van der Waals surface area (Å²) in [6.07, 6.45) is 4.10. The van der Waals surface area contributed by atoms with Crippen molar-refractivity contribution in [1.82, 2.24) is 10.2 Å². The number of piperidine rings is 1. The maximum absolute atomic E-state index is 11.6. The number of nitrogens with one attached hydrogen (secondary N) is 1. The van der Waals surface area contributed by atoms with Gasteiger partial charge in [-0.3, -0.25) is 4.99 Å². The Balaban J connectivity index is 0.00000484. The minimum atomic E-state index is -0.237. The van der Waals surface area contributed by atoms with Crippen molar-refractivity contribution in [1.29, 1.82) is 0 Å². The van der Waals surface area contributed by atoms with Gasteiger partial charge < -0.3 is 25.4 Å². The van der Waals surface area contributed by atoms with Crippen molar-refractivity contribution in [3.8, 4) is 0 Å². The summed E-state index contributed by atoms with van der Waals surface area (Å²) >= 11 is 0. The summed E-state index contributed by atoms with van der Waals surface area (Å²) in [5.41, 5.74) is 5.85. The van der Waals surface area contributed by atoms with Crippen molar-refractivity contribution in [3.05, 3.63) is 12.7 Å². The van der Waals surface area contributed by atoms with Crippen molar-refractivity contribution >= 4 is 36.0 Å². The Morgan fingerprint density at radius 2 is 2.13 bits per heavy atom. The molecule has 0 radical (unpaired) electrons. The highest BCUT2D eigenvalue weighted by atomic mass is 127.